The lowest BCUT2D eigenvalue weighted by atomic mass is 10.1. The Morgan fingerprint density at radius 2 is 2.27 bits per heavy atom. The second kappa shape index (κ2) is 5.20. The van der Waals surface area contributed by atoms with E-state index in [-0.39, 0.29) is 6.10 Å². The molecule has 0 bridgehead atoms. The van der Waals surface area contributed by atoms with Crippen molar-refractivity contribution in [3.63, 3.8) is 0 Å². The highest BCUT2D eigenvalue weighted by Gasteiger charge is 2.28. The number of carbonyl (C=O) groups is 1. The molecule has 2 N–H and O–H groups in total. The van der Waals surface area contributed by atoms with Gasteiger partial charge in [-0.25, -0.2) is 4.79 Å². The van der Waals surface area contributed by atoms with E-state index >= 15 is 0 Å². The highest BCUT2D eigenvalue weighted by Crippen LogP contribution is 2.12. The fourth-order valence-corrected chi connectivity index (χ4v) is 1.29. The minimum absolute atomic E-state index is 0.327. The number of amides is 1. The number of rotatable bonds is 2. The standard InChI is InChI=1S/C8H13F3N2O2/c9-8(10,11)5-13-7(14)15-6-2-1-3-12-4-6/h6,12H,1-5H2,(H,13,14)/t6-/m0/s1. The summed E-state index contributed by atoms with van der Waals surface area (Å²) in [6.45, 7) is -0.00451. The van der Waals surface area contributed by atoms with Gasteiger partial charge in [0.2, 0.25) is 0 Å². The maximum atomic E-state index is 11.7. The first-order valence-electron chi connectivity index (χ1n) is 4.69. The second-order valence-corrected chi connectivity index (χ2v) is 3.34. The van der Waals surface area contributed by atoms with Crippen LogP contribution in [0.25, 0.3) is 0 Å². The molecule has 1 amide bonds. The maximum Gasteiger partial charge on any atom is 0.407 e. The molecular weight excluding hydrogens is 213 g/mol. The third kappa shape index (κ3) is 5.46. The van der Waals surface area contributed by atoms with Crippen LogP contribution in [-0.2, 0) is 4.74 Å². The first-order valence-corrected chi connectivity index (χ1v) is 4.69. The second-order valence-electron chi connectivity index (χ2n) is 3.34. The predicted octanol–water partition coefficient (Wildman–Crippen LogP) is 1.03. The Morgan fingerprint density at radius 1 is 1.53 bits per heavy atom. The van der Waals surface area contributed by atoms with Gasteiger partial charge in [-0.2, -0.15) is 13.2 Å². The lowest BCUT2D eigenvalue weighted by molar-refractivity contribution is -0.124. The van der Waals surface area contributed by atoms with E-state index in [1.54, 1.807) is 5.32 Å². The van der Waals surface area contributed by atoms with Crippen LogP contribution in [0.15, 0.2) is 0 Å². The van der Waals surface area contributed by atoms with Crippen LogP contribution in [0.5, 0.6) is 0 Å². The number of alkyl halides is 3. The number of ether oxygens (including phenoxy) is 1. The van der Waals surface area contributed by atoms with Gasteiger partial charge in [-0.15, -0.1) is 0 Å². The van der Waals surface area contributed by atoms with Crippen molar-refractivity contribution in [2.75, 3.05) is 19.6 Å². The van der Waals surface area contributed by atoms with Crippen LogP contribution in [0.1, 0.15) is 12.8 Å². The zero-order valence-corrected chi connectivity index (χ0v) is 8.06. The van der Waals surface area contributed by atoms with E-state index in [1.165, 1.54) is 0 Å². The molecule has 0 radical (unpaired) electrons. The molecule has 0 saturated carbocycles. The lowest BCUT2D eigenvalue weighted by Gasteiger charge is -2.23. The van der Waals surface area contributed by atoms with Crippen LogP contribution in [0.3, 0.4) is 0 Å². The molecule has 0 spiro atoms. The van der Waals surface area contributed by atoms with Gasteiger partial charge in [-0.3, -0.25) is 0 Å². The van der Waals surface area contributed by atoms with Crippen molar-refractivity contribution in [3.05, 3.63) is 0 Å². The first kappa shape index (κ1) is 12.1. The summed E-state index contributed by atoms with van der Waals surface area (Å²) in [7, 11) is 0. The highest BCUT2D eigenvalue weighted by molar-refractivity contribution is 5.67. The average Bonchev–Trinajstić information content (AvgIpc) is 2.15. The molecule has 0 aliphatic carbocycles. The van der Waals surface area contributed by atoms with Gasteiger partial charge in [0, 0.05) is 6.54 Å². The minimum Gasteiger partial charge on any atom is -0.445 e. The summed E-state index contributed by atoms with van der Waals surface area (Å²) in [6, 6.07) is 0. The third-order valence-electron chi connectivity index (χ3n) is 1.96. The fourth-order valence-electron chi connectivity index (χ4n) is 1.29. The van der Waals surface area contributed by atoms with E-state index in [9.17, 15) is 18.0 Å². The average molecular weight is 226 g/mol. The number of piperidine rings is 1. The lowest BCUT2D eigenvalue weighted by Crippen LogP contribution is -2.41. The molecule has 15 heavy (non-hydrogen) atoms. The Hall–Kier alpha value is -0.980. The van der Waals surface area contributed by atoms with Crippen LogP contribution in [0, 0.1) is 0 Å². The summed E-state index contributed by atoms with van der Waals surface area (Å²) >= 11 is 0. The molecule has 1 rings (SSSR count). The minimum atomic E-state index is -4.40. The molecule has 1 aliphatic rings. The fraction of sp³-hybridized carbons (Fsp3) is 0.875. The number of carbonyl (C=O) groups excluding carboxylic acids is 1. The van der Waals surface area contributed by atoms with E-state index in [1.807, 2.05) is 0 Å². The van der Waals surface area contributed by atoms with Gasteiger partial charge in [0.05, 0.1) is 0 Å². The molecular formula is C8H13F3N2O2. The van der Waals surface area contributed by atoms with Gasteiger partial charge < -0.3 is 15.4 Å². The molecule has 88 valence electrons. The molecule has 1 heterocycles. The van der Waals surface area contributed by atoms with Gasteiger partial charge in [-0.05, 0) is 19.4 Å². The normalized spacial score (nSPS) is 22.2. The predicted molar refractivity (Wildman–Crippen MR) is 46.4 cm³/mol. The topological polar surface area (TPSA) is 50.4 Å². The van der Waals surface area contributed by atoms with E-state index in [0.29, 0.717) is 13.0 Å². The van der Waals surface area contributed by atoms with Crippen molar-refractivity contribution >= 4 is 6.09 Å². The monoisotopic (exact) mass is 226 g/mol. The van der Waals surface area contributed by atoms with Crippen molar-refractivity contribution < 1.29 is 22.7 Å². The molecule has 1 fully saturated rings. The van der Waals surface area contributed by atoms with E-state index in [4.69, 9.17) is 4.74 Å². The van der Waals surface area contributed by atoms with Gasteiger partial charge in [0.1, 0.15) is 12.6 Å². The van der Waals surface area contributed by atoms with Crippen LogP contribution in [-0.4, -0.2) is 38.0 Å². The highest BCUT2D eigenvalue weighted by atomic mass is 19.4. The Labute approximate surface area is 85.2 Å². The number of alkyl carbamates (subject to hydrolysis) is 1. The van der Waals surface area contributed by atoms with Crippen LogP contribution < -0.4 is 10.6 Å². The Morgan fingerprint density at radius 3 is 2.80 bits per heavy atom. The van der Waals surface area contributed by atoms with Crippen LogP contribution in [0.2, 0.25) is 0 Å². The van der Waals surface area contributed by atoms with Gasteiger partial charge in [-0.1, -0.05) is 0 Å². The molecule has 1 aliphatic heterocycles. The summed E-state index contributed by atoms with van der Waals surface area (Å²) in [6.07, 6.45) is -4.19. The Balaban J connectivity index is 2.17. The van der Waals surface area contributed by atoms with Crippen LogP contribution in [0.4, 0.5) is 18.0 Å². The number of halogens is 3. The molecule has 0 unspecified atom stereocenters. The molecule has 1 atom stereocenters. The van der Waals surface area contributed by atoms with Crippen molar-refractivity contribution in [3.8, 4) is 0 Å². The molecule has 0 aromatic heterocycles. The quantitative estimate of drug-likeness (QED) is 0.739. The zero-order valence-electron chi connectivity index (χ0n) is 8.06. The molecule has 0 aromatic carbocycles. The molecule has 0 aromatic rings. The summed E-state index contributed by atoms with van der Waals surface area (Å²) in [5.74, 6) is 0. The van der Waals surface area contributed by atoms with Crippen LogP contribution >= 0.6 is 0 Å². The van der Waals surface area contributed by atoms with Crippen molar-refractivity contribution in [2.24, 2.45) is 0 Å². The van der Waals surface area contributed by atoms with Crippen molar-refractivity contribution in [2.45, 2.75) is 25.1 Å². The van der Waals surface area contributed by atoms with Gasteiger partial charge in [0.25, 0.3) is 0 Å². The molecule has 1 saturated heterocycles. The summed E-state index contributed by atoms with van der Waals surface area (Å²) < 4.78 is 39.9. The van der Waals surface area contributed by atoms with Gasteiger partial charge in [0.15, 0.2) is 0 Å². The smallest absolute Gasteiger partial charge is 0.407 e. The molecule has 4 nitrogen and oxygen atoms in total. The third-order valence-corrected chi connectivity index (χ3v) is 1.96. The summed E-state index contributed by atoms with van der Waals surface area (Å²) in [4.78, 5) is 10.9. The number of nitrogens with one attached hydrogen (secondary N) is 2. The van der Waals surface area contributed by atoms with E-state index < -0.39 is 18.8 Å². The van der Waals surface area contributed by atoms with E-state index in [0.717, 1.165) is 13.0 Å². The van der Waals surface area contributed by atoms with Crippen molar-refractivity contribution in [1.82, 2.24) is 10.6 Å². The summed E-state index contributed by atoms with van der Waals surface area (Å²) in [5.41, 5.74) is 0. The van der Waals surface area contributed by atoms with Gasteiger partial charge >= 0.3 is 12.3 Å². The van der Waals surface area contributed by atoms with E-state index in [2.05, 4.69) is 5.32 Å². The largest absolute Gasteiger partial charge is 0.445 e. The number of hydrogen-bond acceptors (Lipinski definition) is 3. The SMILES string of the molecule is O=C(NCC(F)(F)F)O[C@H]1CCCNC1. The Kier molecular flexibility index (Phi) is 4.19. The first-order chi connectivity index (χ1) is 6.97. The number of hydrogen-bond donors (Lipinski definition) is 2. The maximum absolute atomic E-state index is 11.7. The zero-order chi connectivity index (χ0) is 11.3. The molecule has 7 heteroatoms. The van der Waals surface area contributed by atoms with Crippen molar-refractivity contribution in [1.29, 1.82) is 0 Å². The summed E-state index contributed by atoms with van der Waals surface area (Å²) in [5, 5.41) is 4.64. The Bertz CT molecular complexity index is 214.